The van der Waals surface area contributed by atoms with Crippen molar-refractivity contribution in [2.75, 3.05) is 0 Å². The minimum atomic E-state index is -0.0834. The zero-order valence-electron chi connectivity index (χ0n) is 41.9. The molecule has 352 valence electrons. The number of hydrogen-bond acceptors (Lipinski definition) is 3. The van der Waals surface area contributed by atoms with E-state index in [0.29, 0.717) is 17.5 Å². The lowest BCUT2D eigenvalue weighted by Gasteiger charge is -2.25. The third kappa shape index (κ3) is 6.26. The Kier molecular flexibility index (Phi) is 9.11. The zero-order valence-corrected chi connectivity index (χ0v) is 41.9. The van der Waals surface area contributed by atoms with Gasteiger partial charge in [0.1, 0.15) is 0 Å². The van der Waals surface area contributed by atoms with Crippen LogP contribution < -0.4 is 0 Å². The minimum absolute atomic E-state index is 0.0691. The number of benzene rings is 9. The lowest BCUT2D eigenvalue weighted by atomic mass is 9.78. The Labute approximate surface area is 430 Å². The van der Waals surface area contributed by atoms with Crippen LogP contribution in [0.5, 0.6) is 0 Å². The van der Waals surface area contributed by atoms with Crippen molar-refractivity contribution < 1.29 is 0 Å². The summed E-state index contributed by atoms with van der Waals surface area (Å²) < 4.78 is 4.91. The number of nitrogens with zero attached hydrogens (tertiary/aromatic N) is 5. The molecule has 3 aliphatic rings. The number of allylic oxidation sites excluding steroid dienone is 4. The van der Waals surface area contributed by atoms with Crippen LogP contribution in [0.3, 0.4) is 0 Å². The summed E-state index contributed by atoms with van der Waals surface area (Å²) >= 11 is 0. The van der Waals surface area contributed by atoms with Crippen LogP contribution in [0.15, 0.2) is 218 Å². The predicted molar refractivity (Wildman–Crippen MR) is 306 cm³/mol. The number of hydrogen-bond donors (Lipinski definition) is 0. The molecule has 0 spiro atoms. The molecule has 15 rings (SSSR count). The molecule has 3 aliphatic carbocycles. The molecule has 0 unspecified atom stereocenters. The molecule has 5 heteroatoms. The summed E-state index contributed by atoms with van der Waals surface area (Å²) in [5.41, 5.74) is 23.3. The van der Waals surface area contributed by atoms with E-state index in [4.69, 9.17) is 15.0 Å². The SMILES string of the molecule is CC1(C)C2=C(C=CCC2)c2cc3c4cc(-c5nc(-c6ccccc6)nc(-c6ccccc6)n5)ccc4n(-c4ccc(-c5ccc(-n6c7ccccc7c7cc8c(cc76)C(C)(C)c6ccccc6-8)cc5)cc4)c3cc21. The average Bonchev–Trinajstić information content (AvgIpc) is 4.10. The Morgan fingerprint density at radius 2 is 0.865 bits per heavy atom. The molecule has 0 amide bonds. The Hall–Kier alpha value is -8.93. The quantitative estimate of drug-likeness (QED) is 0.167. The molecule has 5 nitrogen and oxygen atoms in total. The van der Waals surface area contributed by atoms with E-state index in [-0.39, 0.29) is 10.8 Å². The van der Waals surface area contributed by atoms with E-state index in [1.54, 1.807) is 5.57 Å². The van der Waals surface area contributed by atoms with E-state index in [0.717, 1.165) is 51.8 Å². The standard InChI is InChI=1S/C69H51N5/c1-68(2)57-24-14-11-21-49(57)52-38-55-51-23-13-16-26-61(51)73(63(55)40-59(52)68)47-32-27-42(28-33-47)43-29-34-48(35-30-43)74-62-36-31-46(67-71-65(44-17-7-5-8-18-44)70-66(72-67)45-19-9-6-10-20-45)37-54(62)56-39-53-50-22-12-15-25-58(50)69(3,4)60(53)41-64(56)74/h5-14,16-24,26-41H,15,25H2,1-4H3. The maximum atomic E-state index is 5.14. The molecular formula is C69H51N5. The molecule has 3 aromatic heterocycles. The van der Waals surface area contributed by atoms with Gasteiger partial charge in [-0.3, -0.25) is 0 Å². The fourth-order valence-corrected chi connectivity index (χ4v) is 12.9. The largest absolute Gasteiger partial charge is 0.309 e. The Balaban J connectivity index is 0.844. The maximum Gasteiger partial charge on any atom is 0.164 e. The molecule has 74 heavy (non-hydrogen) atoms. The molecule has 0 bridgehead atoms. The van der Waals surface area contributed by atoms with Gasteiger partial charge in [-0.25, -0.2) is 15.0 Å². The van der Waals surface area contributed by atoms with Gasteiger partial charge in [0.25, 0.3) is 0 Å². The Morgan fingerprint density at radius 3 is 1.51 bits per heavy atom. The van der Waals surface area contributed by atoms with Crippen molar-refractivity contribution in [1.82, 2.24) is 24.1 Å². The van der Waals surface area contributed by atoms with Crippen molar-refractivity contribution >= 4 is 49.2 Å². The molecule has 0 atom stereocenters. The van der Waals surface area contributed by atoms with Crippen LogP contribution >= 0.6 is 0 Å². The molecule has 3 heterocycles. The molecule has 0 fully saturated rings. The highest BCUT2D eigenvalue weighted by atomic mass is 15.0. The fourth-order valence-electron chi connectivity index (χ4n) is 12.9. The van der Waals surface area contributed by atoms with Crippen molar-refractivity contribution in [2.24, 2.45) is 0 Å². The van der Waals surface area contributed by atoms with Gasteiger partial charge >= 0.3 is 0 Å². The summed E-state index contributed by atoms with van der Waals surface area (Å²) in [6, 6.07) is 73.1. The third-order valence-corrected chi connectivity index (χ3v) is 16.7. The highest BCUT2D eigenvalue weighted by Crippen LogP contribution is 2.53. The van der Waals surface area contributed by atoms with Gasteiger partial charge in [-0.05, 0) is 136 Å². The van der Waals surface area contributed by atoms with Crippen molar-refractivity contribution in [3.63, 3.8) is 0 Å². The van der Waals surface area contributed by atoms with Gasteiger partial charge in [0.05, 0.1) is 22.1 Å². The topological polar surface area (TPSA) is 48.5 Å². The van der Waals surface area contributed by atoms with Gasteiger partial charge < -0.3 is 9.13 Å². The van der Waals surface area contributed by atoms with Gasteiger partial charge in [0.2, 0.25) is 0 Å². The summed E-state index contributed by atoms with van der Waals surface area (Å²) in [6.45, 7) is 9.55. The third-order valence-electron chi connectivity index (χ3n) is 16.7. The molecule has 12 aromatic rings. The van der Waals surface area contributed by atoms with Crippen LogP contribution in [0.1, 0.15) is 62.8 Å². The van der Waals surface area contributed by atoms with Crippen molar-refractivity contribution in [3.8, 4) is 67.8 Å². The smallest absolute Gasteiger partial charge is 0.164 e. The molecule has 9 aromatic carbocycles. The van der Waals surface area contributed by atoms with Crippen molar-refractivity contribution in [2.45, 2.75) is 51.4 Å². The van der Waals surface area contributed by atoms with E-state index in [1.807, 2.05) is 36.4 Å². The van der Waals surface area contributed by atoms with Crippen LogP contribution in [0.4, 0.5) is 0 Å². The highest BCUT2D eigenvalue weighted by molar-refractivity contribution is 6.13. The summed E-state index contributed by atoms with van der Waals surface area (Å²) in [4.78, 5) is 15.3. The van der Waals surface area contributed by atoms with Crippen LogP contribution in [0.2, 0.25) is 0 Å². The highest BCUT2D eigenvalue weighted by Gasteiger charge is 2.39. The fraction of sp³-hybridized carbons (Fsp3) is 0.116. The Morgan fingerprint density at radius 1 is 0.365 bits per heavy atom. The summed E-state index contributed by atoms with van der Waals surface area (Å²) in [5.74, 6) is 1.95. The number of rotatable bonds is 6. The van der Waals surface area contributed by atoms with E-state index in [9.17, 15) is 0 Å². The van der Waals surface area contributed by atoms with E-state index in [1.165, 1.54) is 82.8 Å². The van der Waals surface area contributed by atoms with Crippen LogP contribution in [-0.4, -0.2) is 24.1 Å². The minimum Gasteiger partial charge on any atom is -0.309 e. The van der Waals surface area contributed by atoms with Crippen LogP contribution in [-0.2, 0) is 10.8 Å². The molecule has 0 saturated carbocycles. The molecular weight excluding hydrogens is 899 g/mol. The molecule has 0 N–H and O–H groups in total. The summed E-state index contributed by atoms with van der Waals surface area (Å²) in [5, 5.41) is 4.94. The molecule has 0 radical (unpaired) electrons. The second-order valence-corrected chi connectivity index (χ2v) is 21.5. The van der Waals surface area contributed by atoms with Gasteiger partial charge in [-0.15, -0.1) is 0 Å². The maximum absolute atomic E-state index is 5.14. The first-order valence-electron chi connectivity index (χ1n) is 26.0. The second kappa shape index (κ2) is 15.8. The first-order chi connectivity index (χ1) is 36.2. The van der Waals surface area contributed by atoms with Crippen LogP contribution in [0.25, 0.3) is 117 Å². The summed E-state index contributed by atoms with van der Waals surface area (Å²) in [6.07, 6.45) is 6.88. The lowest BCUT2D eigenvalue weighted by Crippen LogP contribution is -2.17. The van der Waals surface area contributed by atoms with E-state index in [2.05, 4.69) is 213 Å². The van der Waals surface area contributed by atoms with Gasteiger partial charge in [0.15, 0.2) is 17.5 Å². The molecule has 0 saturated heterocycles. The van der Waals surface area contributed by atoms with Gasteiger partial charge in [-0.1, -0.05) is 173 Å². The van der Waals surface area contributed by atoms with Crippen molar-refractivity contribution in [3.05, 3.63) is 240 Å². The lowest BCUT2D eigenvalue weighted by molar-refractivity contribution is 0.608. The predicted octanol–water partition coefficient (Wildman–Crippen LogP) is 17.4. The van der Waals surface area contributed by atoms with Crippen molar-refractivity contribution in [1.29, 1.82) is 0 Å². The van der Waals surface area contributed by atoms with Crippen LogP contribution in [0, 0.1) is 0 Å². The Bertz CT molecular complexity index is 4320. The number of aromatic nitrogens is 5. The monoisotopic (exact) mass is 949 g/mol. The van der Waals surface area contributed by atoms with E-state index < -0.39 is 0 Å². The van der Waals surface area contributed by atoms with Gasteiger partial charge in [-0.2, -0.15) is 0 Å². The first kappa shape index (κ1) is 42.7. The number of para-hydroxylation sites is 1. The number of fused-ring (bicyclic) bond motifs is 11. The summed E-state index contributed by atoms with van der Waals surface area (Å²) in [7, 11) is 0. The van der Waals surface area contributed by atoms with Gasteiger partial charge in [0, 0.05) is 60.4 Å². The zero-order chi connectivity index (χ0) is 49.5. The average molecular weight is 950 g/mol. The first-order valence-corrected chi connectivity index (χ1v) is 26.0. The normalized spacial score (nSPS) is 15.0. The second-order valence-electron chi connectivity index (χ2n) is 21.5. The molecule has 0 aliphatic heterocycles. The van der Waals surface area contributed by atoms with E-state index >= 15 is 0 Å².